The second-order valence-electron chi connectivity index (χ2n) is 7.67. The first-order chi connectivity index (χ1) is 10.9. The van der Waals surface area contributed by atoms with Gasteiger partial charge in [-0.1, -0.05) is 26.7 Å². The molecule has 0 fully saturated rings. The first-order valence-corrected chi connectivity index (χ1v) is 9.84. The molecule has 1 aromatic heterocycles. The van der Waals surface area contributed by atoms with Crippen molar-refractivity contribution in [3.63, 3.8) is 0 Å². The zero-order valence-corrected chi connectivity index (χ0v) is 16.3. The number of hydrogen-bond donors (Lipinski definition) is 2. The molecule has 2 N–H and O–H groups in total. The minimum absolute atomic E-state index is 0.00000577. The van der Waals surface area contributed by atoms with Crippen LogP contribution in [0.5, 0.6) is 0 Å². The Morgan fingerprint density at radius 2 is 1.79 bits per heavy atom. The van der Waals surface area contributed by atoms with Crippen LogP contribution in [0, 0.1) is 5.92 Å². The van der Waals surface area contributed by atoms with Crippen LogP contribution in [0.3, 0.4) is 0 Å². The molecule has 1 aromatic rings. The summed E-state index contributed by atoms with van der Waals surface area (Å²) in [6.45, 7) is 11.5. The summed E-state index contributed by atoms with van der Waals surface area (Å²) in [5.41, 5.74) is -0.626. The summed E-state index contributed by atoms with van der Waals surface area (Å²) in [7, 11) is -3.78. The molecule has 0 aliphatic rings. The zero-order chi connectivity index (χ0) is 18.5. The van der Waals surface area contributed by atoms with Gasteiger partial charge in [0.2, 0.25) is 5.09 Å². The van der Waals surface area contributed by atoms with Crippen molar-refractivity contribution >= 4 is 15.9 Å². The van der Waals surface area contributed by atoms with Gasteiger partial charge in [-0.15, -0.1) is 0 Å². The molecule has 7 heteroatoms. The van der Waals surface area contributed by atoms with Crippen LogP contribution < -0.4 is 10.0 Å². The van der Waals surface area contributed by atoms with Crippen molar-refractivity contribution in [2.24, 2.45) is 5.92 Å². The van der Waals surface area contributed by atoms with Crippen molar-refractivity contribution in [3.05, 3.63) is 17.9 Å². The van der Waals surface area contributed by atoms with E-state index < -0.39 is 21.5 Å². The molecule has 6 nitrogen and oxygen atoms in total. The molecule has 0 bridgehead atoms. The lowest BCUT2D eigenvalue weighted by atomic mass is 10.0. The lowest BCUT2D eigenvalue weighted by Crippen LogP contribution is -2.40. The Balaban J connectivity index is 2.66. The molecular formula is C17H30N2O4S. The number of carbonyl (C=O) groups excluding carboxylic acids is 1. The van der Waals surface area contributed by atoms with Gasteiger partial charge in [0.1, 0.15) is 0 Å². The van der Waals surface area contributed by atoms with E-state index in [-0.39, 0.29) is 16.9 Å². The average molecular weight is 359 g/mol. The molecule has 0 unspecified atom stereocenters. The van der Waals surface area contributed by atoms with E-state index in [1.165, 1.54) is 12.1 Å². The van der Waals surface area contributed by atoms with Gasteiger partial charge in [-0.2, -0.15) is 0 Å². The van der Waals surface area contributed by atoms with Crippen molar-refractivity contribution in [3.8, 4) is 0 Å². The second kappa shape index (κ2) is 8.16. The molecule has 0 spiro atoms. The van der Waals surface area contributed by atoms with Gasteiger partial charge in [0.25, 0.3) is 15.9 Å². The van der Waals surface area contributed by atoms with Crippen LogP contribution in [0.15, 0.2) is 21.6 Å². The Morgan fingerprint density at radius 3 is 2.33 bits per heavy atom. The smallest absolute Gasteiger partial charge is 0.287 e. The minimum atomic E-state index is -3.78. The molecule has 0 aromatic carbocycles. The van der Waals surface area contributed by atoms with Crippen LogP contribution in [0.2, 0.25) is 0 Å². The van der Waals surface area contributed by atoms with E-state index >= 15 is 0 Å². The van der Waals surface area contributed by atoms with E-state index in [2.05, 4.69) is 23.9 Å². The summed E-state index contributed by atoms with van der Waals surface area (Å²) in [5.74, 6) is 0.241. The van der Waals surface area contributed by atoms with Gasteiger partial charge in [0.05, 0.1) is 0 Å². The molecule has 1 rings (SSSR count). The SMILES string of the molecule is CC(C)CCC[C@H](C)NC(=O)c1ccc(S(=O)(=O)NC(C)(C)C)o1. The predicted octanol–water partition coefficient (Wildman–Crippen LogP) is 3.30. The Morgan fingerprint density at radius 1 is 1.17 bits per heavy atom. The largest absolute Gasteiger partial charge is 0.438 e. The van der Waals surface area contributed by atoms with E-state index in [1.807, 2.05) is 6.92 Å². The van der Waals surface area contributed by atoms with E-state index in [4.69, 9.17) is 4.42 Å². The lowest BCUT2D eigenvalue weighted by molar-refractivity contribution is 0.0904. The second-order valence-corrected chi connectivity index (χ2v) is 9.29. The normalized spacial score (nSPS) is 14.0. The lowest BCUT2D eigenvalue weighted by Gasteiger charge is -2.19. The molecule has 0 radical (unpaired) electrons. The van der Waals surface area contributed by atoms with Crippen LogP contribution >= 0.6 is 0 Å². The Labute approximate surface area is 145 Å². The Bertz CT molecular complexity index is 642. The van der Waals surface area contributed by atoms with Gasteiger partial charge in [-0.25, -0.2) is 13.1 Å². The van der Waals surface area contributed by atoms with Crippen molar-refractivity contribution < 1.29 is 17.6 Å². The third kappa shape index (κ3) is 7.05. The minimum Gasteiger partial charge on any atom is -0.438 e. The fourth-order valence-corrected chi connectivity index (χ4v) is 3.59. The number of carbonyl (C=O) groups is 1. The van der Waals surface area contributed by atoms with Crippen molar-refractivity contribution in [2.75, 3.05) is 0 Å². The van der Waals surface area contributed by atoms with E-state index in [0.717, 1.165) is 19.3 Å². The maximum atomic E-state index is 12.2. The third-order valence-electron chi connectivity index (χ3n) is 3.31. The van der Waals surface area contributed by atoms with Gasteiger partial charge in [0.15, 0.2) is 5.76 Å². The topological polar surface area (TPSA) is 88.4 Å². The fraction of sp³-hybridized carbons (Fsp3) is 0.706. The monoisotopic (exact) mass is 358 g/mol. The summed E-state index contributed by atoms with van der Waals surface area (Å²) in [5, 5.41) is 2.58. The van der Waals surface area contributed by atoms with Gasteiger partial charge < -0.3 is 9.73 Å². The molecule has 0 aliphatic carbocycles. The first-order valence-electron chi connectivity index (χ1n) is 8.35. The third-order valence-corrected chi connectivity index (χ3v) is 4.94. The highest BCUT2D eigenvalue weighted by molar-refractivity contribution is 7.89. The maximum Gasteiger partial charge on any atom is 0.287 e. The van der Waals surface area contributed by atoms with Crippen molar-refractivity contribution in [1.29, 1.82) is 0 Å². The summed E-state index contributed by atoms with van der Waals surface area (Å²) in [4.78, 5) is 12.2. The van der Waals surface area contributed by atoms with Crippen LogP contribution in [0.25, 0.3) is 0 Å². The van der Waals surface area contributed by atoms with Gasteiger partial charge >= 0.3 is 0 Å². The highest BCUT2D eigenvalue weighted by Crippen LogP contribution is 2.17. The van der Waals surface area contributed by atoms with E-state index in [9.17, 15) is 13.2 Å². The molecule has 0 saturated carbocycles. The molecule has 138 valence electrons. The molecule has 0 saturated heterocycles. The van der Waals surface area contributed by atoms with E-state index in [0.29, 0.717) is 5.92 Å². The van der Waals surface area contributed by atoms with Crippen molar-refractivity contribution in [2.45, 2.75) is 77.5 Å². The molecular weight excluding hydrogens is 328 g/mol. The average Bonchev–Trinajstić information content (AvgIpc) is 2.85. The number of furan rings is 1. The predicted molar refractivity (Wildman–Crippen MR) is 94.4 cm³/mol. The zero-order valence-electron chi connectivity index (χ0n) is 15.5. The Kier molecular flexibility index (Phi) is 7.04. The number of nitrogens with one attached hydrogen (secondary N) is 2. The van der Waals surface area contributed by atoms with Crippen LogP contribution in [0.4, 0.5) is 0 Å². The highest BCUT2D eigenvalue weighted by Gasteiger charge is 2.26. The van der Waals surface area contributed by atoms with E-state index in [1.54, 1.807) is 20.8 Å². The molecule has 0 aliphatic heterocycles. The quantitative estimate of drug-likeness (QED) is 0.746. The van der Waals surface area contributed by atoms with Crippen LogP contribution in [-0.2, 0) is 10.0 Å². The molecule has 1 atom stereocenters. The number of amides is 1. The standard InChI is InChI=1S/C17H30N2O4S/c1-12(2)8-7-9-13(3)18-16(20)14-10-11-15(23-14)24(21,22)19-17(4,5)6/h10-13,19H,7-9H2,1-6H3,(H,18,20)/t13-/m0/s1. The summed E-state index contributed by atoms with van der Waals surface area (Å²) in [6.07, 6.45) is 3.02. The van der Waals surface area contributed by atoms with Crippen LogP contribution in [-0.4, -0.2) is 25.9 Å². The molecule has 1 heterocycles. The maximum absolute atomic E-state index is 12.2. The highest BCUT2D eigenvalue weighted by atomic mass is 32.2. The summed E-state index contributed by atoms with van der Waals surface area (Å²) < 4.78 is 32.1. The van der Waals surface area contributed by atoms with Crippen LogP contribution in [0.1, 0.15) is 71.4 Å². The van der Waals surface area contributed by atoms with Gasteiger partial charge in [-0.05, 0) is 52.2 Å². The van der Waals surface area contributed by atoms with Crippen molar-refractivity contribution in [1.82, 2.24) is 10.0 Å². The van der Waals surface area contributed by atoms with Gasteiger partial charge in [-0.3, -0.25) is 4.79 Å². The Hall–Kier alpha value is -1.34. The first kappa shape index (κ1) is 20.7. The van der Waals surface area contributed by atoms with Gasteiger partial charge in [0, 0.05) is 11.6 Å². The fourth-order valence-electron chi connectivity index (χ4n) is 2.24. The summed E-state index contributed by atoms with van der Waals surface area (Å²) in [6, 6.07) is 2.69. The molecule has 24 heavy (non-hydrogen) atoms. The number of rotatable bonds is 8. The number of hydrogen-bond acceptors (Lipinski definition) is 4. The molecule has 1 amide bonds. The number of sulfonamides is 1. The summed E-state index contributed by atoms with van der Waals surface area (Å²) >= 11 is 0.